The number of hydrogen-bond acceptors (Lipinski definition) is 3. The van der Waals surface area contributed by atoms with Crippen LogP contribution in [0.25, 0.3) is 11.0 Å². The zero-order valence-corrected chi connectivity index (χ0v) is 23.2. The molecule has 1 aromatic heterocycles. The van der Waals surface area contributed by atoms with Gasteiger partial charge in [-0.1, -0.05) is 83.9 Å². The highest BCUT2D eigenvalue weighted by molar-refractivity contribution is 7.98. The number of nitrogens with zero attached hydrogens (tertiary/aromatic N) is 2. The lowest BCUT2D eigenvalue weighted by molar-refractivity contribution is 0.0893. The summed E-state index contributed by atoms with van der Waals surface area (Å²) in [5, 5.41) is 9.31. The minimum Gasteiger partial charge on any atom is -0.375 e. The summed E-state index contributed by atoms with van der Waals surface area (Å²) in [6.07, 6.45) is 2.88. The van der Waals surface area contributed by atoms with Crippen LogP contribution >= 0.6 is 11.8 Å². The molecular weight excluding hydrogens is 486 g/mol. The summed E-state index contributed by atoms with van der Waals surface area (Å²) in [6, 6.07) is 34.2. The Kier molecular flexibility index (Phi) is 8.16. The van der Waals surface area contributed by atoms with Crippen molar-refractivity contribution < 1.29 is 4.74 Å². The van der Waals surface area contributed by atoms with Gasteiger partial charge in [0.1, 0.15) is 0 Å². The van der Waals surface area contributed by atoms with E-state index in [2.05, 4.69) is 126 Å². The van der Waals surface area contributed by atoms with E-state index in [0.717, 1.165) is 23.0 Å². The number of para-hydroxylation sites is 2. The highest BCUT2D eigenvalue weighted by Gasteiger charge is 2.20. The molecule has 4 aromatic carbocycles. The highest BCUT2D eigenvalue weighted by atomic mass is 32.2. The van der Waals surface area contributed by atoms with Crippen molar-refractivity contribution in [1.29, 1.82) is 5.41 Å². The third-order valence-electron chi connectivity index (χ3n) is 7.07. The minimum atomic E-state index is -0.0140. The van der Waals surface area contributed by atoms with Gasteiger partial charge in [0.25, 0.3) is 0 Å². The number of aromatic nitrogens is 2. The predicted octanol–water partition coefficient (Wildman–Crippen LogP) is 7.31. The molecule has 194 valence electrons. The van der Waals surface area contributed by atoms with Crippen LogP contribution in [0.3, 0.4) is 0 Å². The molecule has 5 aromatic rings. The lowest BCUT2D eigenvalue weighted by Gasteiger charge is -2.20. The molecule has 38 heavy (non-hydrogen) atoms. The van der Waals surface area contributed by atoms with Crippen molar-refractivity contribution in [2.75, 3.05) is 12.9 Å². The van der Waals surface area contributed by atoms with Crippen LogP contribution in [-0.2, 0) is 24.3 Å². The number of imidazole rings is 1. The molecule has 5 rings (SSSR count). The molecule has 1 atom stereocenters. The first-order valence-electron chi connectivity index (χ1n) is 13.1. The summed E-state index contributed by atoms with van der Waals surface area (Å²) in [7, 11) is 0. The number of rotatable bonds is 10. The van der Waals surface area contributed by atoms with Crippen molar-refractivity contribution in [3.8, 4) is 0 Å². The highest BCUT2D eigenvalue weighted by Crippen LogP contribution is 2.23. The van der Waals surface area contributed by atoms with Crippen LogP contribution in [0.15, 0.2) is 102 Å². The zero-order chi connectivity index (χ0) is 26.5. The lowest BCUT2D eigenvalue weighted by Crippen LogP contribution is -2.31. The number of nitrogens with one attached hydrogen (secondary N) is 1. The number of benzene rings is 4. The van der Waals surface area contributed by atoms with Gasteiger partial charge in [-0.3, -0.25) is 5.41 Å². The van der Waals surface area contributed by atoms with E-state index >= 15 is 0 Å². The summed E-state index contributed by atoms with van der Waals surface area (Å²) >= 11 is 1.74. The van der Waals surface area contributed by atoms with E-state index in [4.69, 9.17) is 4.74 Å². The van der Waals surface area contributed by atoms with Crippen LogP contribution in [0, 0.1) is 19.3 Å². The maximum Gasteiger partial charge on any atom is 0.203 e. The normalized spacial score (nSPS) is 12.2. The largest absolute Gasteiger partial charge is 0.375 e. The van der Waals surface area contributed by atoms with E-state index < -0.39 is 0 Å². The molecule has 0 spiro atoms. The summed E-state index contributed by atoms with van der Waals surface area (Å²) in [5.74, 6) is 0. The number of fused-ring (bicyclic) bond motifs is 1. The first-order valence-corrected chi connectivity index (χ1v) is 14.3. The van der Waals surface area contributed by atoms with E-state index in [0.29, 0.717) is 25.4 Å². The fourth-order valence-corrected chi connectivity index (χ4v) is 5.32. The minimum absolute atomic E-state index is 0.0140. The summed E-state index contributed by atoms with van der Waals surface area (Å²) in [6.45, 7) is 5.95. The quantitative estimate of drug-likeness (QED) is 0.196. The Labute approximate surface area is 229 Å². The molecular formula is C33H35N3OS. The van der Waals surface area contributed by atoms with Gasteiger partial charge >= 0.3 is 0 Å². The lowest BCUT2D eigenvalue weighted by atomic mass is 10.0. The van der Waals surface area contributed by atoms with Crippen LogP contribution < -0.4 is 5.62 Å². The van der Waals surface area contributed by atoms with Crippen molar-refractivity contribution in [2.24, 2.45) is 0 Å². The van der Waals surface area contributed by atoms with Crippen molar-refractivity contribution in [3.05, 3.63) is 130 Å². The van der Waals surface area contributed by atoms with Crippen molar-refractivity contribution >= 4 is 22.8 Å². The molecule has 0 amide bonds. The number of aryl methyl sites for hydroxylation is 2. The molecule has 0 aliphatic heterocycles. The van der Waals surface area contributed by atoms with E-state index in [1.165, 1.54) is 27.1 Å². The van der Waals surface area contributed by atoms with Gasteiger partial charge < -0.3 is 13.9 Å². The number of thioether (sulfide) groups is 1. The zero-order valence-electron chi connectivity index (χ0n) is 22.4. The molecule has 0 saturated heterocycles. The van der Waals surface area contributed by atoms with Crippen LogP contribution in [0.1, 0.15) is 33.9 Å². The van der Waals surface area contributed by atoms with Crippen molar-refractivity contribution in [1.82, 2.24) is 9.13 Å². The molecule has 0 aliphatic rings. The van der Waals surface area contributed by atoms with Gasteiger partial charge in [-0.25, -0.2) is 0 Å². The van der Waals surface area contributed by atoms with Crippen molar-refractivity contribution in [2.45, 2.75) is 44.4 Å². The average Bonchev–Trinajstić information content (AvgIpc) is 3.21. The third-order valence-corrected chi connectivity index (χ3v) is 7.82. The van der Waals surface area contributed by atoms with Crippen LogP contribution in [0.2, 0.25) is 0 Å². The van der Waals surface area contributed by atoms with Gasteiger partial charge in [0.05, 0.1) is 36.8 Å². The van der Waals surface area contributed by atoms with E-state index in [1.54, 1.807) is 11.8 Å². The fraction of sp³-hybridized carbons (Fsp3) is 0.242. The molecule has 4 nitrogen and oxygen atoms in total. The maximum atomic E-state index is 9.31. The van der Waals surface area contributed by atoms with E-state index in [-0.39, 0.29) is 6.04 Å². The molecule has 1 heterocycles. The molecule has 0 bridgehead atoms. The van der Waals surface area contributed by atoms with Crippen LogP contribution in [0.4, 0.5) is 0 Å². The first kappa shape index (κ1) is 26.1. The Morgan fingerprint density at radius 1 is 0.737 bits per heavy atom. The average molecular weight is 522 g/mol. The molecule has 0 aliphatic carbocycles. The van der Waals surface area contributed by atoms with Gasteiger partial charge in [-0.2, -0.15) is 0 Å². The smallest absolute Gasteiger partial charge is 0.203 e. The number of ether oxygens (including phenoxy) is 1. The Balaban J connectivity index is 1.48. The topological polar surface area (TPSA) is 42.9 Å². The maximum absolute atomic E-state index is 9.31. The second kappa shape index (κ2) is 11.9. The summed E-state index contributed by atoms with van der Waals surface area (Å²) in [5.41, 5.74) is 8.72. The fourth-order valence-electron chi connectivity index (χ4n) is 4.92. The van der Waals surface area contributed by atoms with E-state index in [1.807, 2.05) is 0 Å². The molecule has 5 heteroatoms. The molecule has 0 unspecified atom stereocenters. The Morgan fingerprint density at radius 3 is 1.95 bits per heavy atom. The van der Waals surface area contributed by atoms with Gasteiger partial charge in [-0.15, -0.1) is 11.8 Å². The van der Waals surface area contributed by atoms with Crippen LogP contribution in [0.5, 0.6) is 0 Å². The Hall–Kier alpha value is -3.54. The molecule has 1 N–H and O–H groups in total. The number of hydrogen-bond donors (Lipinski definition) is 1. The SMILES string of the molecule is CSc1ccc(COC[C@@H](Cc2ccc(C)cc2)n2c(=N)n(Cc3ccc(C)cc3)c3ccccc32)cc1. The van der Waals surface area contributed by atoms with Crippen LogP contribution in [-0.4, -0.2) is 22.0 Å². The predicted molar refractivity (Wildman–Crippen MR) is 158 cm³/mol. The Morgan fingerprint density at radius 2 is 1.32 bits per heavy atom. The first-order chi connectivity index (χ1) is 18.5. The van der Waals surface area contributed by atoms with Crippen molar-refractivity contribution in [3.63, 3.8) is 0 Å². The molecule has 0 saturated carbocycles. The summed E-state index contributed by atoms with van der Waals surface area (Å²) < 4.78 is 10.6. The standard InChI is InChI=1S/C33H35N3OS/c1-24-8-12-26(13-9-24)20-29(23-37-22-28-16-18-30(38-3)19-17-28)36-32-7-5-4-6-31(32)35(33(36)34)21-27-14-10-25(2)11-15-27/h4-19,29,34H,20-23H2,1-3H3/t29-/m1/s1. The monoisotopic (exact) mass is 521 g/mol. The second-order valence-corrected chi connectivity index (χ2v) is 10.8. The van der Waals surface area contributed by atoms with Gasteiger partial charge in [0.2, 0.25) is 5.62 Å². The third kappa shape index (κ3) is 5.95. The van der Waals surface area contributed by atoms with Gasteiger partial charge in [-0.05, 0) is 67.5 Å². The van der Waals surface area contributed by atoms with E-state index in [9.17, 15) is 5.41 Å². The summed E-state index contributed by atoms with van der Waals surface area (Å²) in [4.78, 5) is 1.25. The molecule has 0 fully saturated rings. The second-order valence-electron chi connectivity index (χ2n) is 9.96. The molecule has 0 radical (unpaired) electrons. The van der Waals surface area contributed by atoms with Gasteiger partial charge in [0, 0.05) is 4.90 Å². The Bertz CT molecular complexity index is 1550. The van der Waals surface area contributed by atoms with Gasteiger partial charge in [0.15, 0.2) is 0 Å².